The van der Waals surface area contributed by atoms with Crippen LogP contribution in [0.25, 0.3) is 33.2 Å². The second-order valence-electron chi connectivity index (χ2n) is 7.14. The maximum atomic E-state index is 12.4. The van der Waals surface area contributed by atoms with Crippen LogP contribution in [0.5, 0.6) is 0 Å². The minimum atomic E-state index is -0.144. The van der Waals surface area contributed by atoms with E-state index in [0.29, 0.717) is 16.9 Å². The van der Waals surface area contributed by atoms with E-state index < -0.39 is 0 Å². The highest BCUT2D eigenvalue weighted by molar-refractivity contribution is 5.87. The molecule has 1 atom stereocenters. The molecule has 6 heteroatoms. The lowest BCUT2D eigenvalue weighted by Gasteiger charge is -2.19. The topological polar surface area (TPSA) is 83.6 Å². The minimum Gasteiger partial charge on any atom is -0.363 e. The summed E-state index contributed by atoms with van der Waals surface area (Å²) in [4.78, 5) is 28.9. The third-order valence-electron chi connectivity index (χ3n) is 5.17. The summed E-state index contributed by atoms with van der Waals surface area (Å²) in [5.41, 5.74) is 4.29. The van der Waals surface area contributed by atoms with E-state index in [9.17, 15) is 4.79 Å². The molecule has 0 radical (unpaired) electrons. The number of nitrogens with zero attached hydrogens (tertiary/aromatic N) is 3. The molecule has 3 heterocycles. The summed E-state index contributed by atoms with van der Waals surface area (Å²) in [6.45, 7) is 2.04. The van der Waals surface area contributed by atoms with Crippen molar-refractivity contribution < 1.29 is 0 Å². The zero-order valence-corrected chi connectivity index (χ0v) is 16.3. The lowest BCUT2D eigenvalue weighted by atomic mass is 9.98. The number of para-hydroxylation sites is 1. The average molecular weight is 393 g/mol. The Labute approximate surface area is 172 Å². The Morgan fingerprint density at radius 1 is 0.967 bits per heavy atom. The molecule has 5 rings (SSSR count). The Bertz CT molecular complexity index is 1410. The van der Waals surface area contributed by atoms with Crippen molar-refractivity contribution in [2.45, 2.75) is 13.0 Å². The predicted octanol–water partition coefficient (Wildman–Crippen LogP) is 4.71. The molecule has 0 saturated carbocycles. The molecule has 0 saturated heterocycles. The Hall–Kier alpha value is -4.06. The molecule has 146 valence electrons. The SMILES string of the molecule is CC(Nc1ncnc2[nH]ccc(=O)c12)c1cc2ccccc2nc1-c1ccccc1. The number of rotatable bonds is 4. The molecule has 0 aliphatic rings. The molecule has 0 bridgehead atoms. The van der Waals surface area contributed by atoms with E-state index in [1.54, 1.807) is 6.20 Å². The molecule has 5 aromatic rings. The van der Waals surface area contributed by atoms with Crippen LogP contribution in [0.3, 0.4) is 0 Å². The first-order chi connectivity index (χ1) is 14.7. The van der Waals surface area contributed by atoms with Crippen molar-refractivity contribution in [1.82, 2.24) is 19.9 Å². The third kappa shape index (κ3) is 3.18. The highest BCUT2D eigenvalue weighted by Crippen LogP contribution is 2.31. The second kappa shape index (κ2) is 7.40. The summed E-state index contributed by atoms with van der Waals surface area (Å²) < 4.78 is 0. The minimum absolute atomic E-state index is 0.126. The number of aromatic amines is 1. The van der Waals surface area contributed by atoms with E-state index in [0.717, 1.165) is 27.7 Å². The number of anilines is 1. The molecule has 2 aromatic carbocycles. The average Bonchev–Trinajstić information content (AvgIpc) is 2.79. The van der Waals surface area contributed by atoms with Gasteiger partial charge >= 0.3 is 0 Å². The van der Waals surface area contributed by atoms with E-state index >= 15 is 0 Å². The highest BCUT2D eigenvalue weighted by atomic mass is 16.1. The van der Waals surface area contributed by atoms with Crippen LogP contribution in [-0.2, 0) is 0 Å². The van der Waals surface area contributed by atoms with Crippen LogP contribution in [-0.4, -0.2) is 19.9 Å². The maximum Gasteiger partial charge on any atom is 0.194 e. The number of pyridine rings is 2. The molecule has 6 nitrogen and oxygen atoms in total. The smallest absolute Gasteiger partial charge is 0.194 e. The van der Waals surface area contributed by atoms with E-state index in [-0.39, 0.29) is 11.5 Å². The van der Waals surface area contributed by atoms with Gasteiger partial charge in [0.1, 0.15) is 23.2 Å². The van der Waals surface area contributed by atoms with Crippen LogP contribution in [0.1, 0.15) is 18.5 Å². The fraction of sp³-hybridized carbons (Fsp3) is 0.0833. The molecule has 3 aromatic heterocycles. The lowest BCUT2D eigenvalue weighted by molar-refractivity contribution is 0.873. The summed E-state index contributed by atoms with van der Waals surface area (Å²) in [7, 11) is 0. The normalized spacial score (nSPS) is 12.2. The van der Waals surface area contributed by atoms with Crippen molar-refractivity contribution in [1.29, 1.82) is 0 Å². The molecule has 1 unspecified atom stereocenters. The van der Waals surface area contributed by atoms with Crippen LogP contribution < -0.4 is 10.7 Å². The molecular formula is C24H19N5O. The predicted molar refractivity (Wildman–Crippen MR) is 119 cm³/mol. The van der Waals surface area contributed by atoms with Gasteiger partial charge in [-0.25, -0.2) is 15.0 Å². The van der Waals surface area contributed by atoms with Gasteiger partial charge in [0.2, 0.25) is 0 Å². The van der Waals surface area contributed by atoms with Crippen molar-refractivity contribution in [2.24, 2.45) is 0 Å². The molecule has 0 amide bonds. The van der Waals surface area contributed by atoms with E-state index in [1.807, 2.05) is 43.3 Å². The van der Waals surface area contributed by atoms with Gasteiger partial charge < -0.3 is 10.3 Å². The number of H-pyrrole nitrogens is 1. The number of aromatic nitrogens is 4. The van der Waals surface area contributed by atoms with Crippen molar-refractivity contribution in [3.8, 4) is 11.3 Å². The van der Waals surface area contributed by atoms with Crippen LogP contribution in [0, 0.1) is 0 Å². The molecule has 30 heavy (non-hydrogen) atoms. The Morgan fingerprint density at radius 2 is 1.77 bits per heavy atom. The van der Waals surface area contributed by atoms with E-state index in [2.05, 4.69) is 44.5 Å². The summed E-state index contributed by atoms with van der Waals surface area (Å²) >= 11 is 0. The van der Waals surface area contributed by atoms with Gasteiger partial charge in [-0.1, -0.05) is 48.5 Å². The molecule has 0 aliphatic heterocycles. The van der Waals surface area contributed by atoms with Crippen molar-refractivity contribution in [3.63, 3.8) is 0 Å². The van der Waals surface area contributed by atoms with Gasteiger partial charge in [-0.15, -0.1) is 0 Å². The van der Waals surface area contributed by atoms with Gasteiger partial charge in [0.15, 0.2) is 5.43 Å². The third-order valence-corrected chi connectivity index (χ3v) is 5.17. The molecular weight excluding hydrogens is 374 g/mol. The number of hydrogen-bond donors (Lipinski definition) is 2. The summed E-state index contributed by atoms with van der Waals surface area (Å²) in [5, 5.41) is 4.91. The Balaban J connectivity index is 1.65. The van der Waals surface area contributed by atoms with Gasteiger partial charge in [0, 0.05) is 28.8 Å². The largest absolute Gasteiger partial charge is 0.363 e. The molecule has 0 aliphatic carbocycles. The summed E-state index contributed by atoms with van der Waals surface area (Å²) in [5.74, 6) is 0.501. The first-order valence-corrected chi connectivity index (χ1v) is 9.75. The fourth-order valence-corrected chi connectivity index (χ4v) is 3.69. The second-order valence-corrected chi connectivity index (χ2v) is 7.14. The van der Waals surface area contributed by atoms with Gasteiger partial charge in [-0.3, -0.25) is 4.79 Å². The summed E-state index contributed by atoms with van der Waals surface area (Å²) in [6, 6.07) is 21.7. The Morgan fingerprint density at radius 3 is 2.63 bits per heavy atom. The number of nitrogens with one attached hydrogen (secondary N) is 2. The van der Waals surface area contributed by atoms with Crippen molar-refractivity contribution >= 4 is 27.8 Å². The first kappa shape index (κ1) is 18.0. The van der Waals surface area contributed by atoms with E-state index in [4.69, 9.17) is 4.98 Å². The van der Waals surface area contributed by atoms with Gasteiger partial charge in [0.05, 0.1) is 17.3 Å². The van der Waals surface area contributed by atoms with Gasteiger partial charge in [-0.05, 0) is 19.1 Å². The Kier molecular flexibility index (Phi) is 4.44. The quantitative estimate of drug-likeness (QED) is 0.462. The van der Waals surface area contributed by atoms with E-state index in [1.165, 1.54) is 12.4 Å². The zero-order valence-electron chi connectivity index (χ0n) is 16.3. The van der Waals surface area contributed by atoms with Crippen LogP contribution in [0.2, 0.25) is 0 Å². The van der Waals surface area contributed by atoms with Crippen LogP contribution in [0.4, 0.5) is 5.82 Å². The van der Waals surface area contributed by atoms with Crippen molar-refractivity contribution in [3.05, 3.63) is 95.0 Å². The van der Waals surface area contributed by atoms with Gasteiger partial charge in [0.25, 0.3) is 0 Å². The molecule has 0 spiro atoms. The number of hydrogen-bond acceptors (Lipinski definition) is 5. The van der Waals surface area contributed by atoms with Crippen LogP contribution in [0.15, 0.2) is 84.0 Å². The zero-order chi connectivity index (χ0) is 20.5. The fourth-order valence-electron chi connectivity index (χ4n) is 3.69. The van der Waals surface area contributed by atoms with Crippen LogP contribution >= 0.6 is 0 Å². The first-order valence-electron chi connectivity index (χ1n) is 9.75. The van der Waals surface area contributed by atoms with Gasteiger partial charge in [-0.2, -0.15) is 0 Å². The monoisotopic (exact) mass is 393 g/mol. The molecule has 0 fully saturated rings. The highest BCUT2D eigenvalue weighted by Gasteiger charge is 2.17. The maximum absolute atomic E-state index is 12.4. The number of fused-ring (bicyclic) bond motifs is 2. The lowest BCUT2D eigenvalue weighted by Crippen LogP contribution is -2.14. The molecule has 2 N–H and O–H groups in total. The number of benzene rings is 2. The standard InChI is InChI=1S/C24H19N5O/c1-15(28-24-21-20(30)11-12-25-23(21)26-14-27-24)18-13-17-9-5-6-10-19(17)29-22(18)16-7-3-2-4-8-16/h2-15H,1H3,(H2,25,26,27,28,30). The summed E-state index contributed by atoms with van der Waals surface area (Å²) in [6.07, 6.45) is 3.04. The van der Waals surface area contributed by atoms with Crippen molar-refractivity contribution in [2.75, 3.05) is 5.32 Å².